The molecule has 5 nitrogen and oxygen atoms in total. The largest absolute Gasteiger partial charge is 0.412 e. The molecule has 9 heteroatoms. The van der Waals surface area contributed by atoms with Crippen LogP contribution in [0.5, 0.6) is 0 Å². The molecule has 0 aliphatic carbocycles. The maximum Gasteiger partial charge on any atom is 0.412 e. The number of halogens is 4. The normalized spacial score (nSPS) is 22.4. The van der Waals surface area contributed by atoms with E-state index in [4.69, 9.17) is 0 Å². The van der Waals surface area contributed by atoms with Gasteiger partial charge in [-0.05, 0) is 37.1 Å². The van der Waals surface area contributed by atoms with Crippen molar-refractivity contribution in [3.63, 3.8) is 0 Å². The van der Waals surface area contributed by atoms with Crippen LogP contribution in [0, 0.1) is 0 Å². The molecule has 4 heterocycles. The van der Waals surface area contributed by atoms with Gasteiger partial charge in [-0.2, -0.15) is 18.3 Å². The number of likely N-dealkylation sites (N-methyl/N-ethyl adjacent to an activating group) is 1. The van der Waals surface area contributed by atoms with Crippen LogP contribution < -0.4 is 5.32 Å². The van der Waals surface area contributed by atoms with Gasteiger partial charge in [0.2, 0.25) is 0 Å². The van der Waals surface area contributed by atoms with E-state index in [-0.39, 0.29) is 17.3 Å². The molecule has 2 aliphatic rings. The van der Waals surface area contributed by atoms with Crippen molar-refractivity contribution in [2.24, 2.45) is 0 Å². The van der Waals surface area contributed by atoms with Gasteiger partial charge < -0.3 is 10.2 Å². The maximum atomic E-state index is 14.5. The second-order valence-electron chi connectivity index (χ2n) is 6.94. The summed E-state index contributed by atoms with van der Waals surface area (Å²) < 4.78 is 56.0. The van der Waals surface area contributed by atoms with E-state index in [1.165, 1.54) is 7.05 Å². The lowest BCUT2D eigenvalue weighted by molar-refractivity contribution is -0.161. The first kappa shape index (κ1) is 18.5. The first-order valence-electron chi connectivity index (χ1n) is 8.97. The quantitative estimate of drug-likeness (QED) is 0.790. The Labute approximate surface area is 159 Å². The molecule has 0 bridgehead atoms. The Kier molecular flexibility index (Phi) is 4.60. The minimum absolute atomic E-state index is 0.0952. The number of hydrogen-bond acceptors (Lipinski definition) is 4. The second-order valence-corrected chi connectivity index (χ2v) is 6.94. The predicted octanol–water partition coefficient (Wildman–Crippen LogP) is 4.30. The van der Waals surface area contributed by atoms with Crippen LogP contribution in [-0.2, 0) is 6.54 Å². The van der Waals surface area contributed by atoms with Crippen LogP contribution in [0.1, 0.15) is 30.3 Å². The number of aromatic nitrogens is 3. The number of aryl methyl sites for hydroxylation is 1. The molecular formula is C19H19F4N5. The molecule has 1 N–H and O–H groups in total. The minimum Gasteiger partial charge on any atom is -0.363 e. The summed E-state index contributed by atoms with van der Waals surface area (Å²) in [7, 11) is 1.20. The lowest BCUT2D eigenvalue weighted by Crippen LogP contribution is -2.41. The van der Waals surface area contributed by atoms with Gasteiger partial charge >= 0.3 is 6.18 Å². The van der Waals surface area contributed by atoms with Crippen LogP contribution in [0.2, 0.25) is 0 Å². The Morgan fingerprint density at radius 3 is 2.79 bits per heavy atom. The Bertz CT molecular complexity index is 916. The molecular weight excluding hydrogens is 374 g/mol. The van der Waals surface area contributed by atoms with Crippen LogP contribution in [0.4, 0.5) is 23.4 Å². The second kappa shape index (κ2) is 6.96. The van der Waals surface area contributed by atoms with Crippen molar-refractivity contribution < 1.29 is 17.6 Å². The number of pyridine rings is 1. The number of anilines is 1. The highest BCUT2D eigenvalue weighted by Gasteiger charge is 2.43. The van der Waals surface area contributed by atoms with E-state index in [2.05, 4.69) is 15.4 Å². The molecule has 2 atom stereocenters. The summed E-state index contributed by atoms with van der Waals surface area (Å²) in [6.45, 7) is 0.636. The molecule has 0 spiro atoms. The van der Waals surface area contributed by atoms with Crippen LogP contribution in [-0.4, -0.2) is 38.9 Å². The molecule has 0 radical (unpaired) electrons. The van der Waals surface area contributed by atoms with E-state index in [0.717, 1.165) is 35.7 Å². The van der Waals surface area contributed by atoms with E-state index in [1.54, 1.807) is 16.9 Å². The average molecular weight is 393 g/mol. The summed E-state index contributed by atoms with van der Waals surface area (Å²) in [4.78, 5) is 5.07. The maximum absolute atomic E-state index is 14.5. The number of rotatable bonds is 3. The van der Waals surface area contributed by atoms with Crippen molar-refractivity contribution in [1.29, 1.82) is 0 Å². The van der Waals surface area contributed by atoms with Crippen molar-refractivity contribution in [1.82, 2.24) is 19.7 Å². The third kappa shape index (κ3) is 3.48. The van der Waals surface area contributed by atoms with E-state index in [9.17, 15) is 17.6 Å². The van der Waals surface area contributed by atoms with E-state index < -0.39 is 18.0 Å². The van der Waals surface area contributed by atoms with E-state index in [1.807, 2.05) is 18.2 Å². The monoisotopic (exact) mass is 393 g/mol. The van der Waals surface area contributed by atoms with Gasteiger partial charge in [0, 0.05) is 31.6 Å². The summed E-state index contributed by atoms with van der Waals surface area (Å²) in [5.74, 6) is -0.0295. The minimum atomic E-state index is -4.50. The van der Waals surface area contributed by atoms with Crippen LogP contribution in [0.15, 0.2) is 48.6 Å². The fourth-order valence-corrected chi connectivity index (χ4v) is 3.61. The molecule has 28 heavy (non-hydrogen) atoms. The number of hydrogen-bond donors (Lipinski definition) is 1. The average Bonchev–Trinajstić information content (AvgIpc) is 3.06. The summed E-state index contributed by atoms with van der Waals surface area (Å²) in [6, 6.07) is 5.20. The Hall–Kier alpha value is -2.84. The standard InChI is InChI=1S/C19H19F4N5/c1-27-11-13(20)12(9-17(27)19(21,22)23)15-10-16-14(5-4-8-28(16)26-15)25-18-6-2-3-7-24-18/h2-3,6-7,9-11,14,17H,4-5,8H2,1H3,(H,24,25). The Morgan fingerprint density at radius 1 is 1.25 bits per heavy atom. The van der Waals surface area contributed by atoms with Gasteiger partial charge in [-0.3, -0.25) is 4.68 Å². The molecule has 0 aromatic carbocycles. The first-order valence-corrected chi connectivity index (χ1v) is 8.97. The highest BCUT2D eigenvalue weighted by Crippen LogP contribution is 2.37. The highest BCUT2D eigenvalue weighted by atomic mass is 19.4. The van der Waals surface area contributed by atoms with Crippen molar-refractivity contribution >= 4 is 11.4 Å². The van der Waals surface area contributed by atoms with Crippen LogP contribution in [0.25, 0.3) is 5.57 Å². The molecule has 2 unspecified atom stereocenters. The number of alkyl halides is 3. The lowest BCUT2D eigenvalue weighted by atomic mass is 10.0. The molecule has 2 aliphatic heterocycles. The smallest absolute Gasteiger partial charge is 0.363 e. The first-order chi connectivity index (χ1) is 13.3. The third-order valence-corrected chi connectivity index (χ3v) is 4.97. The van der Waals surface area contributed by atoms with Crippen molar-refractivity contribution in [2.75, 3.05) is 12.4 Å². The lowest BCUT2D eigenvalue weighted by Gasteiger charge is -2.30. The molecule has 4 rings (SSSR count). The Balaban J connectivity index is 1.66. The fraction of sp³-hybridized carbons (Fsp3) is 0.368. The topological polar surface area (TPSA) is 46.0 Å². The summed E-state index contributed by atoms with van der Waals surface area (Å²) >= 11 is 0. The number of allylic oxidation sites excluding steroid dienone is 2. The van der Waals surface area contributed by atoms with Gasteiger partial charge in [0.1, 0.15) is 17.7 Å². The van der Waals surface area contributed by atoms with E-state index >= 15 is 0 Å². The van der Waals surface area contributed by atoms with Crippen LogP contribution in [0.3, 0.4) is 0 Å². The fourth-order valence-electron chi connectivity index (χ4n) is 3.61. The van der Waals surface area contributed by atoms with Crippen molar-refractivity contribution in [3.8, 4) is 0 Å². The molecule has 2 aromatic rings. The van der Waals surface area contributed by atoms with Crippen LogP contribution >= 0.6 is 0 Å². The number of nitrogens with one attached hydrogen (secondary N) is 1. The van der Waals surface area contributed by atoms with Gasteiger partial charge in [-0.15, -0.1) is 0 Å². The van der Waals surface area contributed by atoms with Gasteiger partial charge in [0.15, 0.2) is 0 Å². The zero-order valence-electron chi connectivity index (χ0n) is 15.1. The molecule has 0 saturated heterocycles. The van der Waals surface area contributed by atoms with Gasteiger partial charge in [-0.1, -0.05) is 6.07 Å². The van der Waals surface area contributed by atoms with Gasteiger partial charge in [-0.25, -0.2) is 9.37 Å². The number of fused-ring (bicyclic) bond motifs is 1. The zero-order valence-corrected chi connectivity index (χ0v) is 15.1. The van der Waals surface area contributed by atoms with Crippen molar-refractivity contribution in [3.05, 3.63) is 60.0 Å². The SMILES string of the molecule is CN1C=C(F)C(c2cc3n(n2)CCCC3Nc2ccccn2)=CC1C(F)(F)F. The predicted molar refractivity (Wildman–Crippen MR) is 96.8 cm³/mol. The highest BCUT2D eigenvalue weighted by molar-refractivity contribution is 5.76. The molecule has 148 valence electrons. The summed E-state index contributed by atoms with van der Waals surface area (Å²) in [6.07, 6.45) is 0.617. The molecule has 0 amide bonds. The van der Waals surface area contributed by atoms with Gasteiger partial charge in [0.25, 0.3) is 0 Å². The van der Waals surface area contributed by atoms with E-state index in [0.29, 0.717) is 12.4 Å². The molecule has 0 fully saturated rings. The zero-order chi connectivity index (χ0) is 19.9. The third-order valence-electron chi connectivity index (χ3n) is 4.97. The Morgan fingerprint density at radius 2 is 2.07 bits per heavy atom. The summed E-state index contributed by atoms with van der Waals surface area (Å²) in [5, 5.41) is 7.70. The molecule has 0 saturated carbocycles. The summed E-state index contributed by atoms with van der Waals surface area (Å²) in [5.41, 5.74) is 0.892. The van der Waals surface area contributed by atoms with Gasteiger partial charge in [0.05, 0.1) is 17.4 Å². The molecule has 2 aromatic heterocycles. The van der Waals surface area contributed by atoms with Crippen molar-refractivity contribution in [2.45, 2.75) is 37.6 Å². The number of nitrogens with zero attached hydrogens (tertiary/aromatic N) is 4.